The summed E-state index contributed by atoms with van der Waals surface area (Å²) in [4.78, 5) is 6.55. The highest BCUT2D eigenvalue weighted by Crippen LogP contribution is 2.00. The molecule has 0 saturated heterocycles. The van der Waals surface area contributed by atoms with E-state index in [2.05, 4.69) is 29.3 Å². The molecule has 1 aliphatic heterocycles. The number of aliphatic imine (C=N–C) groups is 1. The zero-order valence-corrected chi connectivity index (χ0v) is 8.14. The Kier molecular flexibility index (Phi) is 4.08. The molecule has 0 aromatic carbocycles. The molecule has 0 fully saturated rings. The van der Waals surface area contributed by atoms with Crippen molar-refractivity contribution < 1.29 is 0 Å². The van der Waals surface area contributed by atoms with Crippen LogP contribution in [-0.2, 0) is 0 Å². The third-order valence-corrected chi connectivity index (χ3v) is 1.99. The van der Waals surface area contributed by atoms with E-state index in [1.807, 2.05) is 0 Å². The van der Waals surface area contributed by atoms with Gasteiger partial charge < -0.3 is 10.2 Å². The molecule has 0 radical (unpaired) electrons. The van der Waals surface area contributed by atoms with Crippen LogP contribution in [-0.4, -0.2) is 44.5 Å². The van der Waals surface area contributed by atoms with E-state index in [1.54, 1.807) is 0 Å². The molecule has 0 aromatic heterocycles. The number of rotatable bonds is 4. The molecule has 1 rings (SSSR count). The van der Waals surface area contributed by atoms with E-state index in [0.29, 0.717) is 0 Å². The van der Waals surface area contributed by atoms with Crippen LogP contribution in [0.5, 0.6) is 0 Å². The quantitative estimate of drug-likeness (QED) is 0.628. The van der Waals surface area contributed by atoms with Crippen molar-refractivity contribution in [3.63, 3.8) is 0 Å². The summed E-state index contributed by atoms with van der Waals surface area (Å²) in [6.07, 6.45) is 3.59. The van der Waals surface area contributed by atoms with Crippen LogP contribution in [0.25, 0.3) is 0 Å². The first kappa shape index (κ1) is 9.52. The molecule has 3 nitrogen and oxygen atoms in total. The monoisotopic (exact) mass is 169 g/mol. The second-order valence-electron chi connectivity index (χ2n) is 3.52. The van der Waals surface area contributed by atoms with Crippen molar-refractivity contribution in [1.29, 1.82) is 0 Å². The van der Waals surface area contributed by atoms with Gasteiger partial charge in [0.1, 0.15) is 0 Å². The molecular weight excluding hydrogens is 150 g/mol. The molecule has 0 amide bonds. The zero-order valence-electron chi connectivity index (χ0n) is 8.14. The normalized spacial score (nSPS) is 16.8. The van der Waals surface area contributed by atoms with Gasteiger partial charge in [0.25, 0.3) is 0 Å². The third kappa shape index (κ3) is 3.72. The van der Waals surface area contributed by atoms with Crippen LogP contribution >= 0.6 is 0 Å². The smallest absolute Gasteiger partial charge is 0.0963 e. The van der Waals surface area contributed by atoms with E-state index in [9.17, 15) is 0 Å². The fourth-order valence-corrected chi connectivity index (χ4v) is 1.31. The van der Waals surface area contributed by atoms with E-state index in [1.165, 1.54) is 18.7 Å². The van der Waals surface area contributed by atoms with Gasteiger partial charge in [-0.3, -0.25) is 4.99 Å². The van der Waals surface area contributed by atoms with Crippen LogP contribution in [0, 0.1) is 0 Å². The minimum atomic E-state index is 1.02. The van der Waals surface area contributed by atoms with Crippen molar-refractivity contribution in [2.45, 2.75) is 19.3 Å². The number of hydrogen-bond acceptors (Lipinski definition) is 3. The molecule has 1 aliphatic rings. The summed E-state index contributed by atoms with van der Waals surface area (Å²) in [5.41, 5.74) is 0. The van der Waals surface area contributed by atoms with E-state index in [4.69, 9.17) is 0 Å². The Labute approximate surface area is 74.9 Å². The Balaban J connectivity index is 1.95. The predicted molar refractivity (Wildman–Crippen MR) is 52.7 cm³/mol. The highest BCUT2D eigenvalue weighted by atomic mass is 15.1. The summed E-state index contributed by atoms with van der Waals surface area (Å²) in [5.74, 6) is 1.22. The van der Waals surface area contributed by atoms with Crippen molar-refractivity contribution in [3.05, 3.63) is 0 Å². The number of nitrogens with zero attached hydrogens (tertiary/aromatic N) is 2. The molecule has 0 atom stereocenters. The molecule has 0 spiro atoms. The predicted octanol–water partition coefficient (Wildman–Crippen LogP) is 0.720. The van der Waals surface area contributed by atoms with Gasteiger partial charge in [-0.05, 0) is 33.5 Å². The largest absolute Gasteiger partial charge is 0.374 e. The van der Waals surface area contributed by atoms with Gasteiger partial charge in [-0.25, -0.2) is 0 Å². The van der Waals surface area contributed by atoms with Crippen LogP contribution < -0.4 is 5.32 Å². The Bertz CT molecular complexity index is 152. The van der Waals surface area contributed by atoms with Crippen LogP contribution in [0.15, 0.2) is 4.99 Å². The van der Waals surface area contributed by atoms with Crippen molar-refractivity contribution in [3.8, 4) is 0 Å². The molecule has 0 bridgehead atoms. The fourth-order valence-electron chi connectivity index (χ4n) is 1.31. The summed E-state index contributed by atoms with van der Waals surface area (Å²) in [6, 6.07) is 0. The molecule has 0 aliphatic carbocycles. The Morgan fingerprint density at radius 2 is 2.33 bits per heavy atom. The van der Waals surface area contributed by atoms with Crippen LogP contribution in [0.3, 0.4) is 0 Å². The van der Waals surface area contributed by atoms with Crippen LogP contribution in [0.4, 0.5) is 0 Å². The molecule has 12 heavy (non-hydrogen) atoms. The van der Waals surface area contributed by atoms with Crippen LogP contribution in [0.2, 0.25) is 0 Å². The first-order valence-corrected chi connectivity index (χ1v) is 4.71. The lowest BCUT2D eigenvalue weighted by Gasteiger charge is -2.10. The van der Waals surface area contributed by atoms with Crippen molar-refractivity contribution in [2.75, 3.05) is 33.7 Å². The summed E-state index contributed by atoms with van der Waals surface area (Å²) >= 11 is 0. The Hall–Kier alpha value is -0.570. The lowest BCUT2D eigenvalue weighted by atomic mass is 10.3. The molecule has 1 N–H and O–H groups in total. The zero-order chi connectivity index (χ0) is 8.81. The first-order chi connectivity index (χ1) is 5.79. The van der Waals surface area contributed by atoms with E-state index >= 15 is 0 Å². The van der Waals surface area contributed by atoms with Crippen molar-refractivity contribution in [2.24, 2.45) is 4.99 Å². The minimum Gasteiger partial charge on any atom is -0.374 e. The number of hydrogen-bond donors (Lipinski definition) is 1. The minimum absolute atomic E-state index is 1.02. The van der Waals surface area contributed by atoms with E-state index < -0.39 is 0 Å². The van der Waals surface area contributed by atoms with Gasteiger partial charge in [0.15, 0.2) is 0 Å². The molecule has 0 unspecified atom stereocenters. The van der Waals surface area contributed by atoms with Crippen molar-refractivity contribution >= 4 is 5.84 Å². The van der Waals surface area contributed by atoms with E-state index in [0.717, 1.165) is 26.1 Å². The Morgan fingerprint density at radius 3 is 2.92 bits per heavy atom. The maximum Gasteiger partial charge on any atom is 0.0963 e. The Morgan fingerprint density at radius 1 is 1.50 bits per heavy atom. The summed E-state index contributed by atoms with van der Waals surface area (Å²) in [6.45, 7) is 3.24. The molecule has 0 saturated carbocycles. The standard InChI is InChI=1S/C9H19N3/c1-12(2)8-4-7-11-9-5-3-6-10-9/h3-8H2,1-2H3,(H,10,11). The summed E-state index contributed by atoms with van der Waals surface area (Å²) in [7, 11) is 4.21. The average Bonchev–Trinajstić information content (AvgIpc) is 2.49. The highest BCUT2D eigenvalue weighted by molar-refractivity contribution is 5.83. The van der Waals surface area contributed by atoms with Gasteiger partial charge in [-0.2, -0.15) is 0 Å². The van der Waals surface area contributed by atoms with Crippen LogP contribution in [0.1, 0.15) is 19.3 Å². The van der Waals surface area contributed by atoms with Gasteiger partial charge in [0.2, 0.25) is 0 Å². The SMILES string of the molecule is CN(C)CCCNC1=NCCC1. The van der Waals surface area contributed by atoms with Gasteiger partial charge in [-0.15, -0.1) is 0 Å². The van der Waals surface area contributed by atoms with Crippen molar-refractivity contribution in [1.82, 2.24) is 10.2 Å². The maximum absolute atomic E-state index is 4.34. The number of nitrogens with one attached hydrogen (secondary N) is 1. The third-order valence-electron chi connectivity index (χ3n) is 1.99. The topological polar surface area (TPSA) is 27.6 Å². The van der Waals surface area contributed by atoms with Gasteiger partial charge in [0, 0.05) is 19.5 Å². The maximum atomic E-state index is 4.34. The second-order valence-corrected chi connectivity index (χ2v) is 3.52. The lowest BCUT2D eigenvalue weighted by molar-refractivity contribution is 0.400. The van der Waals surface area contributed by atoms with E-state index in [-0.39, 0.29) is 0 Å². The fraction of sp³-hybridized carbons (Fsp3) is 0.889. The lowest BCUT2D eigenvalue weighted by Crippen LogP contribution is -2.25. The molecule has 70 valence electrons. The summed E-state index contributed by atoms with van der Waals surface area (Å²) < 4.78 is 0. The summed E-state index contributed by atoms with van der Waals surface area (Å²) in [5, 5.41) is 3.36. The molecule has 3 heteroatoms. The second kappa shape index (κ2) is 5.14. The van der Waals surface area contributed by atoms with Gasteiger partial charge >= 0.3 is 0 Å². The highest BCUT2D eigenvalue weighted by Gasteiger charge is 2.03. The van der Waals surface area contributed by atoms with Gasteiger partial charge in [-0.1, -0.05) is 0 Å². The molecular formula is C9H19N3. The first-order valence-electron chi connectivity index (χ1n) is 4.71. The van der Waals surface area contributed by atoms with Gasteiger partial charge in [0.05, 0.1) is 5.84 Å². The molecule has 1 heterocycles. The number of amidine groups is 1. The molecule has 0 aromatic rings. The average molecular weight is 169 g/mol.